The topological polar surface area (TPSA) is 53.0 Å². The second kappa shape index (κ2) is 4.06. The van der Waals surface area contributed by atoms with Gasteiger partial charge in [-0.1, -0.05) is 6.92 Å². The van der Waals surface area contributed by atoms with E-state index in [-0.39, 0.29) is 11.6 Å². The molecule has 0 unspecified atom stereocenters. The van der Waals surface area contributed by atoms with E-state index in [1.165, 1.54) is 6.92 Å². The normalized spacial score (nSPS) is 8.67. The monoisotopic (exact) mass is 128 g/mol. The van der Waals surface area contributed by atoms with Crippen LogP contribution < -0.4 is 5.32 Å². The van der Waals surface area contributed by atoms with Crippen molar-refractivity contribution in [3.63, 3.8) is 0 Å². The summed E-state index contributed by atoms with van der Waals surface area (Å²) in [5.74, 6) is -0.267. The lowest BCUT2D eigenvalue weighted by molar-refractivity contribution is -0.114. The Bertz CT molecular complexity index is 120. The second-order valence-corrected chi connectivity index (χ2v) is 1.88. The van der Waals surface area contributed by atoms with E-state index < -0.39 is 0 Å². The smallest absolute Gasteiger partial charge is 0.264 e. The fourth-order valence-electron chi connectivity index (χ4n) is 0.371. The molecule has 0 aliphatic rings. The minimum atomic E-state index is -0.267. The van der Waals surface area contributed by atoms with Crippen molar-refractivity contribution in [2.24, 2.45) is 0 Å². The van der Waals surface area contributed by atoms with Crippen LogP contribution in [-0.2, 0) is 4.79 Å². The van der Waals surface area contributed by atoms with E-state index in [1.807, 2.05) is 6.92 Å². The average Bonchev–Trinajstić information content (AvgIpc) is 1.82. The van der Waals surface area contributed by atoms with E-state index in [9.17, 15) is 4.79 Å². The lowest BCUT2D eigenvalue weighted by Gasteiger charge is -1.98. The van der Waals surface area contributed by atoms with Crippen LogP contribution in [0.25, 0.3) is 0 Å². The molecule has 0 rings (SSSR count). The molecule has 0 atom stereocenters. The summed E-state index contributed by atoms with van der Waals surface area (Å²) in [7, 11) is 0. The Hall–Kier alpha value is -0.860. The van der Waals surface area contributed by atoms with Crippen molar-refractivity contribution in [1.82, 2.24) is 5.32 Å². The average molecular weight is 128 g/mol. The first-order valence-corrected chi connectivity index (χ1v) is 3.01. The summed E-state index contributed by atoms with van der Waals surface area (Å²) in [5.41, 5.74) is 0.0726. The fraction of sp³-hybridized carbons (Fsp3) is 0.667. The van der Waals surface area contributed by atoms with Crippen molar-refractivity contribution in [1.29, 1.82) is 5.41 Å². The number of carbonyl (C=O) groups excluding carboxylic acids is 1. The van der Waals surface area contributed by atoms with Gasteiger partial charge in [0.05, 0.1) is 5.71 Å². The number of rotatable bonds is 3. The molecule has 0 aliphatic heterocycles. The van der Waals surface area contributed by atoms with Gasteiger partial charge in [0, 0.05) is 6.54 Å². The second-order valence-electron chi connectivity index (χ2n) is 1.88. The molecular formula is C6H12N2O. The molecule has 0 aliphatic carbocycles. The van der Waals surface area contributed by atoms with Crippen LogP contribution in [0.15, 0.2) is 0 Å². The minimum absolute atomic E-state index is 0.0726. The zero-order chi connectivity index (χ0) is 7.28. The van der Waals surface area contributed by atoms with Gasteiger partial charge in [-0.3, -0.25) is 10.2 Å². The van der Waals surface area contributed by atoms with E-state index >= 15 is 0 Å². The van der Waals surface area contributed by atoms with Gasteiger partial charge in [0.25, 0.3) is 5.91 Å². The van der Waals surface area contributed by atoms with Gasteiger partial charge in [0.1, 0.15) is 0 Å². The molecule has 9 heavy (non-hydrogen) atoms. The highest BCUT2D eigenvalue weighted by Gasteiger charge is 1.98. The Morgan fingerprint density at radius 2 is 2.22 bits per heavy atom. The summed E-state index contributed by atoms with van der Waals surface area (Å²) in [6.07, 6.45) is 0.916. The van der Waals surface area contributed by atoms with Gasteiger partial charge < -0.3 is 5.32 Å². The summed E-state index contributed by atoms with van der Waals surface area (Å²) in [4.78, 5) is 10.6. The van der Waals surface area contributed by atoms with E-state index in [0.29, 0.717) is 6.54 Å². The molecule has 0 saturated carbocycles. The third-order valence-electron chi connectivity index (χ3n) is 0.876. The van der Waals surface area contributed by atoms with Crippen LogP contribution in [0.1, 0.15) is 20.3 Å². The molecule has 0 fully saturated rings. The van der Waals surface area contributed by atoms with Gasteiger partial charge in [-0.25, -0.2) is 0 Å². The fourth-order valence-corrected chi connectivity index (χ4v) is 0.371. The Labute approximate surface area is 55.0 Å². The standard InChI is InChI=1S/C6H12N2O/c1-3-4-8-6(9)5(2)7/h7H,3-4H2,1-2H3,(H,8,9). The van der Waals surface area contributed by atoms with E-state index in [2.05, 4.69) is 5.32 Å². The Morgan fingerprint density at radius 3 is 2.56 bits per heavy atom. The van der Waals surface area contributed by atoms with Crippen molar-refractivity contribution >= 4 is 11.6 Å². The Kier molecular flexibility index (Phi) is 3.67. The van der Waals surface area contributed by atoms with Gasteiger partial charge >= 0.3 is 0 Å². The van der Waals surface area contributed by atoms with Crippen molar-refractivity contribution < 1.29 is 4.79 Å². The summed E-state index contributed by atoms with van der Waals surface area (Å²) >= 11 is 0. The predicted octanol–water partition coefficient (Wildman–Crippen LogP) is 0.552. The largest absolute Gasteiger partial charge is 0.351 e. The molecule has 0 aromatic heterocycles. The maximum atomic E-state index is 10.6. The molecule has 0 heterocycles. The SMILES string of the molecule is CCCNC(=O)C(C)=N. The Balaban J connectivity index is 3.39. The van der Waals surface area contributed by atoms with Crippen LogP contribution in [0, 0.1) is 5.41 Å². The minimum Gasteiger partial charge on any atom is -0.351 e. The molecule has 0 bridgehead atoms. The van der Waals surface area contributed by atoms with Crippen LogP contribution in [-0.4, -0.2) is 18.2 Å². The van der Waals surface area contributed by atoms with Crippen molar-refractivity contribution in [2.45, 2.75) is 20.3 Å². The molecule has 3 heteroatoms. The summed E-state index contributed by atoms with van der Waals surface area (Å²) in [5, 5.41) is 9.44. The lowest BCUT2D eigenvalue weighted by atomic mass is 10.4. The summed E-state index contributed by atoms with van der Waals surface area (Å²) in [6, 6.07) is 0. The van der Waals surface area contributed by atoms with Gasteiger partial charge in [-0.15, -0.1) is 0 Å². The highest BCUT2D eigenvalue weighted by Crippen LogP contribution is 1.73. The summed E-state index contributed by atoms with van der Waals surface area (Å²) < 4.78 is 0. The van der Waals surface area contributed by atoms with Crippen molar-refractivity contribution in [3.05, 3.63) is 0 Å². The number of hydrogen-bond donors (Lipinski definition) is 2. The molecule has 0 radical (unpaired) electrons. The molecule has 0 aromatic carbocycles. The Morgan fingerprint density at radius 1 is 1.67 bits per heavy atom. The third-order valence-corrected chi connectivity index (χ3v) is 0.876. The maximum Gasteiger partial charge on any atom is 0.264 e. The first-order chi connectivity index (χ1) is 4.18. The van der Waals surface area contributed by atoms with Gasteiger partial charge in [-0.2, -0.15) is 0 Å². The molecular weight excluding hydrogens is 116 g/mol. The number of nitrogens with one attached hydrogen (secondary N) is 2. The molecule has 2 N–H and O–H groups in total. The number of hydrogen-bond acceptors (Lipinski definition) is 2. The van der Waals surface area contributed by atoms with Crippen molar-refractivity contribution in [2.75, 3.05) is 6.54 Å². The maximum absolute atomic E-state index is 10.6. The third kappa shape index (κ3) is 3.70. The van der Waals surface area contributed by atoms with Crippen LogP contribution in [0.4, 0.5) is 0 Å². The van der Waals surface area contributed by atoms with Gasteiger partial charge in [-0.05, 0) is 13.3 Å². The molecule has 0 aromatic rings. The van der Waals surface area contributed by atoms with Crippen LogP contribution in [0.5, 0.6) is 0 Å². The molecule has 0 spiro atoms. The van der Waals surface area contributed by atoms with Crippen LogP contribution in [0.2, 0.25) is 0 Å². The van der Waals surface area contributed by atoms with E-state index in [4.69, 9.17) is 5.41 Å². The molecule has 52 valence electrons. The predicted molar refractivity (Wildman–Crippen MR) is 36.7 cm³/mol. The highest BCUT2D eigenvalue weighted by atomic mass is 16.1. The van der Waals surface area contributed by atoms with E-state index in [1.54, 1.807) is 0 Å². The van der Waals surface area contributed by atoms with Crippen molar-refractivity contribution in [3.8, 4) is 0 Å². The quantitative estimate of drug-likeness (QED) is 0.536. The lowest BCUT2D eigenvalue weighted by Crippen LogP contribution is -2.29. The first-order valence-electron chi connectivity index (χ1n) is 3.01. The van der Waals surface area contributed by atoms with Crippen LogP contribution in [0.3, 0.4) is 0 Å². The zero-order valence-electron chi connectivity index (χ0n) is 5.82. The van der Waals surface area contributed by atoms with E-state index in [0.717, 1.165) is 6.42 Å². The zero-order valence-corrected chi connectivity index (χ0v) is 5.82. The molecule has 0 saturated heterocycles. The van der Waals surface area contributed by atoms with Crippen LogP contribution >= 0.6 is 0 Å². The molecule has 3 nitrogen and oxygen atoms in total. The number of carbonyl (C=O) groups is 1. The van der Waals surface area contributed by atoms with Gasteiger partial charge in [0.15, 0.2) is 0 Å². The first kappa shape index (κ1) is 8.14. The summed E-state index contributed by atoms with van der Waals surface area (Å²) in [6.45, 7) is 4.11. The number of amides is 1. The highest BCUT2D eigenvalue weighted by molar-refractivity contribution is 6.36. The molecule has 1 amide bonds. The van der Waals surface area contributed by atoms with Gasteiger partial charge in [0.2, 0.25) is 0 Å².